The van der Waals surface area contributed by atoms with Crippen molar-refractivity contribution < 1.29 is 35.9 Å². The number of hydrogen-bond donors (Lipinski definition) is 1. The molecule has 2 amide bonds. The van der Waals surface area contributed by atoms with Gasteiger partial charge in [0, 0.05) is 13.6 Å². The van der Waals surface area contributed by atoms with E-state index in [1.54, 1.807) is 31.2 Å². The summed E-state index contributed by atoms with van der Waals surface area (Å²) in [5, 5.41) is 1.82. The number of carbonyl (C=O) groups excluding carboxylic acids is 2. The van der Waals surface area contributed by atoms with Crippen LogP contribution in [0.2, 0.25) is 5.02 Å². The summed E-state index contributed by atoms with van der Waals surface area (Å²) < 4.78 is 74.5. The first-order valence-corrected chi connectivity index (χ1v) is 14.1. The number of rotatable bonds is 10. The largest absolute Gasteiger partial charge is 0.497 e. The van der Waals surface area contributed by atoms with E-state index in [9.17, 15) is 31.2 Å². The lowest BCUT2D eigenvalue weighted by atomic mass is 10.1. The van der Waals surface area contributed by atoms with E-state index in [0.29, 0.717) is 21.7 Å². The van der Waals surface area contributed by atoms with E-state index in [2.05, 4.69) is 5.32 Å². The minimum absolute atomic E-state index is 0.114. The summed E-state index contributed by atoms with van der Waals surface area (Å²) in [6.07, 6.45) is -4.89. The highest BCUT2D eigenvalue weighted by molar-refractivity contribution is 7.92. The summed E-state index contributed by atoms with van der Waals surface area (Å²) in [6.45, 7) is 2.18. The fourth-order valence-electron chi connectivity index (χ4n) is 4.01. The van der Waals surface area contributed by atoms with Crippen LogP contribution in [-0.4, -0.2) is 51.9 Å². The second-order valence-corrected chi connectivity index (χ2v) is 11.4. The van der Waals surface area contributed by atoms with Gasteiger partial charge in [-0.2, -0.15) is 13.2 Å². The van der Waals surface area contributed by atoms with Crippen LogP contribution >= 0.6 is 11.6 Å². The van der Waals surface area contributed by atoms with Crippen LogP contribution in [0.25, 0.3) is 0 Å². The molecule has 0 heterocycles. The zero-order valence-corrected chi connectivity index (χ0v) is 24.3. The predicted molar refractivity (Wildman–Crippen MR) is 149 cm³/mol. The maximum absolute atomic E-state index is 13.8. The van der Waals surface area contributed by atoms with E-state index in [4.69, 9.17) is 16.3 Å². The number of carbonyl (C=O) groups is 2. The lowest BCUT2D eigenvalue weighted by molar-refractivity contribution is -0.139. The minimum Gasteiger partial charge on any atom is -0.497 e. The molecule has 1 N–H and O–H groups in total. The maximum atomic E-state index is 13.8. The van der Waals surface area contributed by atoms with Gasteiger partial charge in [-0.1, -0.05) is 41.4 Å². The summed E-state index contributed by atoms with van der Waals surface area (Å²) in [6, 6.07) is 13.9. The van der Waals surface area contributed by atoms with Crippen molar-refractivity contribution in [3.05, 3.63) is 88.4 Å². The Hall–Kier alpha value is -3.77. The monoisotopic (exact) mass is 611 g/mol. The molecule has 3 rings (SSSR count). The van der Waals surface area contributed by atoms with Crippen molar-refractivity contribution in [2.45, 2.75) is 37.5 Å². The molecule has 41 heavy (non-hydrogen) atoms. The van der Waals surface area contributed by atoms with Gasteiger partial charge in [0.2, 0.25) is 11.8 Å². The maximum Gasteiger partial charge on any atom is 0.417 e. The van der Waals surface area contributed by atoms with Crippen molar-refractivity contribution in [2.75, 3.05) is 25.0 Å². The zero-order chi connectivity index (χ0) is 30.5. The SMILES string of the molecule is CNC(=O)[C@H](C)N(Cc1cccc(OC)c1)C(=O)CN(c1ccc(Cl)c(C(F)(F)F)c1)S(=O)(=O)c1ccc(C)cc1. The highest BCUT2D eigenvalue weighted by Gasteiger charge is 2.37. The number of anilines is 1. The number of aryl methyl sites for hydroxylation is 1. The average Bonchev–Trinajstić information content (AvgIpc) is 2.93. The first kappa shape index (κ1) is 31.8. The van der Waals surface area contributed by atoms with E-state index in [1.807, 2.05) is 0 Å². The number of hydrogen-bond acceptors (Lipinski definition) is 5. The lowest BCUT2D eigenvalue weighted by Crippen LogP contribution is -2.50. The Morgan fingerprint density at radius 3 is 2.29 bits per heavy atom. The highest BCUT2D eigenvalue weighted by atomic mass is 35.5. The van der Waals surface area contributed by atoms with Gasteiger partial charge >= 0.3 is 6.18 Å². The molecule has 0 aliphatic carbocycles. The molecule has 0 fully saturated rings. The third-order valence-electron chi connectivity index (χ3n) is 6.33. The number of nitrogens with one attached hydrogen (secondary N) is 1. The van der Waals surface area contributed by atoms with Gasteiger partial charge in [-0.15, -0.1) is 0 Å². The molecular formula is C28H29ClF3N3O5S. The third-order valence-corrected chi connectivity index (χ3v) is 8.45. The van der Waals surface area contributed by atoms with Gasteiger partial charge < -0.3 is 15.0 Å². The Kier molecular flexibility index (Phi) is 9.93. The molecule has 0 spiro atoms. The van der Waals surface area contributed by atoms with Crippen LogP contribution in [0.5, 0.6) is 5.75 Å². The first-order chi connectivity index (χ1) is 19.2. The molecule has 0 aliphatic heterocycles. The van der Waals surface area contributed by atoms with Gasteiger partial charge in [-0.25, -0.2) is 8.42 Å². The summed E-state index contributed by atoms with van der Waals surface area (Å²) in [5.74, 6) is -0.866. The van der Waals surface area contributed by atoms with Crippen LogP contribution in [0.4, 0.5) is 18.9 Å². The van der Waals surface area contributed by atoms with Gasteiger partial charge in [0.05, 0.1) is 28.3 Å². The number of benzene rings is 3. The molecule has 0 unspecified atom stereocenters. The second-order valence-electron chi connectivity index (χ2n) is 9.15. The zero-order valence-electron chi connectivity index (χ0n) is 22.7. The Morgan fingerprint density at radius 1 is 1.05 bits per heavy atom. The molecule has 3 aromatic carbocycles. The summed E-state index contributed by atoms with van der Waals surface area (Å²) in [4.78, 5) is 27.3. The number of sulfonamides is 1. The molecule has 1 atom stereocenters. The minimum atomic E-state index is -4.89. The molecule has 0 saturated carbocycles. The van der Waals surface area contributed by atoms with Crippen molar-refractivity contribution in [1.29, 1.82) is 0 Å². The highest BCUT2D eigenvalue weighted by Crippen LogP contribution is 2.38. The third kappa shape index (κ3) is 7.50. The Bertz CT molecular complexity index is 1520. The first-order valence-electron chi connectivity index (χ1n) is 12.3. The van der Waals surface area contributed by atoms with E-state index in [0.717, 1.165) is 22.6 Å². The number of amides is 2. The van der Waals surface area contributed by atoms with Crippen molar-refractivity contribution in [3.8, 4) is 5.75 Å². The van der Waals surface area contributed by atoms with Crippen molar-refractivity contribution in [2.24, 2.45) is 0 Å². The fourth-order valence-corrected chi connectivity index (χ4v) is 5.64. The van der Waals surface area contributed by atoms with Crippen LogP contribution in [0, 0.1) is 6.92 Å². The molecule has 8 nitrogen and oxygen atoms in total. The van der Waals surface area contributed by atoms with Gasteiger partial charge in [0.25, 0.3) is 10.0 Å². The van der Waals surface area contributed by atoms with E-state index < -0.39 is 56.9 Å². The molecular weight excluding hydrogens is 583 g/mol. The lowest BCUT2D eigenvalue weighted by Gasteiger charge is -2.32. The average molecular weight is 612 g/mol. The van der Waals surface area contributed by atoms with Crippen LogP contribution in [0.15, 0.2) is 71.6 Å². The molecule has 13 heteroatoms. The predicted octanol–water partition coefficient (Wildman–Crippen LogP) is 5.03. The Morgan fingerprint density at radius 2 is 1.71 bits per heavy atom. The van der Waals surface area contributed by atoms with Crippen LogP contribution in [0.1, 0.15) is 23.6 Å². The van der Waals surface area contributed by atoms with Crippen LogP contribution in [0.3, 0.4) is 0 Å². The molecule has 0 radical (unpaired) electrons. The number of alkyl halides is 3. The van der Waals surface area contributed by atoms with Gasteiger partial charge in [0.1, 0.15) is 18.3 Å². The Balaban J connectivity index is 2.13. The van der Waals surface area contributed by atoms with Gasteiger partial charge in [-0.3, -0.25) is 13.9 Å². The fraction of sp³-hybridized carbons (Fsp3) is 0.286. The van der Waals surface area contributed by atoms with E-state index in [1.165, 1.54) is 45.3 Å². The molecule has 0 saturated heterocycles. The van der Waals surface area contributed by atoms with Crippen LogP contribution < -0.4 is 14.4 Å². The molecule has 220 valence electrons. The van der Waals surface area contributed by atoms with Crippen molar-refractivity contribution >= 4 is 39.1 Å². The van der Waals surface area contributed by atoms with Crippen molar-refractivity contribution in [1.82, 2.24) is 10.2 Å². The molecule has 0 aromatic heterocycles. The summed E-state index contributed by atoms with van der Waals surface area (Å²) in [5.41, 5.74) is -0.363. The standard InChI is InChI=1S/C28H29ClF3N3O5S/c1-18-8-11-23(12-9-18)41(38,39)35(21-10-13-25(29)24(15-21)28(30,31)32)17-26(36)34(19(2)27(37)33-3)16-20-6-5-7-22(14-20)40-4/h5-15,19H,16-17H2,1-4H3,(H,33,37)/t19-/m0/s1. The number of likely N-dealkylation sites (N-methyl/N-ethyl adjacent to an activating group) is 1. The van der Waals surface area contributed by atoms with Gasteiger partial charge in [-0.05, 0) is 61.9 Å². The number of nitrogens with zero attached hydrogens (tertiary/aromatic N) is 2. The molecule has 0 bridgehead atoms. The van der Waals surface area contributed by atoms with Gasteiger partial charge in [0.15, 0.2) is 0 Å². The normalized spacial score (nSPS) is 12.4. The number of ether oxygens (including phenoxy) is 1. The topological polar surface area (TPSA) is 96.0 Å². The smallest absolute Gasteiger partial charge is 0.417 e. The number of halogens is 4. The van der Waals surface area contributed by atoms with Crippen LogP contribution in [-0.2, 0) is 32.3 Å². The Labute approximate surface area is 241 Å². The van der Waals surface area contributed by atoms with Crippen molar-refractivity contribution in [3.63, 3.8) is 0 Å². The molecule has 3 aromatic rings. The quantitative estimate of drug-likeness (QED) is 0.347. The van der Waals surface area contributed by atoms with E-state index in [-0.39, 0.29) is 11.4 Å². The molecule has 0 aliphatic rings. The van der Waals surface area contributed by atoms with E-state index >= 15 is 0 Å². The number of methoxy groups -OCH3 is 1. The second kappa shape index (κ2) is 12.8. The summed E-state index contributed by atoms with van der Waals surface area (Å²) >= 11 is 5.78. The summed E-state index contributed by atoms with van der Waals surface area (Å²) in [7, 11) is -1.71.